The van der Waals surface area contributed by atoms with Crippen LogP contribution in [-0.4, -0.2) is 29.2 Å². The van der Waals surface area contributed by atoms with Gasteiger partial charge in [0.1, 0.15) is 12.1 Å². The Labute approximate surface area is 219 Å². The first-order chi connectivity index (χ1) is 17.0. The van der Waals surface area contributed by atoms with Gasteiger partial charge in [-0.05, 0) is 91.3 Å². The van der Waals surface area contributed by atoms with Crippen LogP contribution in [0.25, 0.3) is 0 Å². The molecular weight excluding hydrogens is 450 g/mol. The molecule has 0 aliphatic heterocycles. The number of carbonyl (C=O) groups excluding carboxylic acids is 1. The highest BCUT2D eigenvalue weighted by atomic mass is 16.5. The highest BCUT2D eigenvalue weighted by Crippen LogP contribution is 2.67. The molecule has 0 bridgehead atoms. The fourth-order valence-electron chi connectivity index (χ4n) is 9.28. The zero-order valence-electron chi connectivity index (χ0n) is 23.4. The van der Waals surface area contributed by atoms with Crippen molar-refractivity contribution >= 4 is 11.9 Å². The Morgan fingerprint density at radius 1 is 1.08 bits per heavy atom. The number of aliphatic carboxylic acids is 1. The molecule has 0 aromatic carbocycles. The summed E-state index contributed by atoms with van der Waals surface area (Å²) in [5.74, 6) is 3.23. The zero-order valence-corrected chi connectivity index (χ0v) is 23.4. The van der Waals surface area contributed by atoms with E-state index < -0.39 is 18.0 Å². The highest BCUT2D eigenvalue weighted by Gasteiger charge is 2.59. The first kappa shape index (κ1) is 27.7. The van der Waals surface area contributed by atoms with Gasteiger partial charge < -0.3 is 15.6 Å². The number of carboxylic acid groups (broad SMARTS) is 1. The molecular formula is C31H51NO4. The average Bonchev–Trinajstić information content (AvgIpc) is 3.15. The first-order valence-corrected chi connectivity index (χ1v) is 14.8. The lowest BCUT2D eigenvalue weighted by Crippen LogP contribution is -2.51. The van der Waals surface area contributed by atoms with E-state index in [4.69, 9.17) is 15.6 Å². The van der Waals surface area contributed by atoms with Gasteiger partial charge >= 0.3 is 11.9 Å². The third kappa shape index (κ3) is 5.28. The summed E-state index contributed by atoms with van der Waals surface area (Å²) < 4.78 is 5.69. The van der Waals surface area contributed by atoms with E-state index in [0.29, 0.717) is 5.41 Å². The van der Waals surface area contributed by atoms with Crippen LogP contribution in [0.4, 0.5) is 0 Å². The number of allylic oxidation sites excluding steroid dienone is 1. The normalized spacial score (nSPS) is 39.4. The Bertz CT molecular complexity index is 852. The lowest BCUT2D eigenvalue weighted by molar-refractivity contribution is -0.155. The van der Waals surface area contributed by atoms with Gasteiger partial charge in [0.05, 0.1) is 6.42 Å². The van der Waals surface area contributed by atoms with Crippen molar-refractivity contribution in [3.63, 3.8) is 0 Å². The molecule has 0 aromatic rings. The zero-order chi connectivity index (χ0) is 26.3. The van der Waals surface area contributed by atoms with Gasteiger partial charge in [-0.2, -0.15) is 0 Å². The number of carboxylic acids is 1. The van der Waals surface area contributed by atoms with Crippen LogP contribution >= 0.6 is 0 Å². The molecule has 4 aliphatic rings. The summed E-state index contributed by atoms with van der Waals surface area (Å²) in [6.45, 7) is 12.3. The molecule has 5 nitrogen and oxygen atoms in total. The van der Waals surface area contributed by atoms with Gasteiger partial charge in [0.2, 0.25) is 0 Å². The molecule has 0 radical (unpaired) electrons. The number of hydrogen-bond donors (Lipinski definition) is 2. The minimum atomic E-state index is -1.08. The fourth-order valence-corrected chi connectivity index (χ4v) is 9.28. The van der Waals surface area contributed by atoms with Gasteiger partial charge in [-0.1, -0.05) is 65.5 Å². The molecule has 4 rings (SSSR count). The molecule has 0 heterocycles. The standard InChI is InChI=1S/C31H51NO4/c1-19(2)7-6-8-20(3)24-11-12-25-23-10-9-21-17-22(36-29(35)27(32)18-28(33)34)13-15-30(21,4)26(23)14-16-31(24,25)5/h9,19-20,22-27H,6-8,10-18,32H2,1-5H3,(H,33,34)/t20-,22?,23?,24-,25?,26?,27+,30+,31-/m1/s1. The molecule has 0 spiro atoms. The quantitative estimate of drug-likeness (QED) is 0.270. The molecule has 0 aromatic heterocycles. The minimum absolute atomic E-state index is 0.176. The van der Waals surface area contributed by atoms with Crippen LogP contribution in [0.3, 0.4) is 0 Å². The predicted molar refractivity (Wildman–Crippen MR) is 143 cm³/mol. The topological polar surface area (TPSA) is 89.6 Å². The number of esters is 1. The van der Waals surface area contributed by atoms with Gasteiger partial charge in [0, 0.05) is 6.42 Å². The number of nitrogens with two attached hydrogens (primary N) is 1. The number of ether oxygens (including phenoxy) is 1. The third-order valence-electron chi connectivity index (χ3n) is 11.2. The van der Waals surface area contributed by atoms with E-state index in [1.807, 2.05) is 0 Å². The first-order valence-electron chi connectivity index (χ1n) is 14.8. The number of carbonyl (C=O) groups is 2. The van der Waals surface area contributed by atoms with Crippen molar-refractivity contribution < 1.29 is 19.4 Å². The van der Waals surface area contributed by atoms with Gasteiger partial charge in [-0.3, -0.25) is 9.59 Å². The van der Waals surface area contributed by atoms with E-state index in [-0.39, 0.29) is 17.9 Å². The fraction of sp³-hybridized carbons (Fsp3) is 0.871. The molecule has 4 aliphatic carbocycles. The second-order valence-corrected chi connectivity index (χ2v) is 13.8. The molecule has 3 saturated carbocycles. The SMILES string of the molecule is CC(C)CCC[C@@H](C)[C@H]1CCC2C3CC=C4CC(OC(=O)[C@@H](N)CC(=O)O)CC[C@]4(C)C3CC[C@@]21C. The van der Waals surface area contributed by atoms with E-state index in [0.717, 1.165) is 54.8 Å². The summed E-state index contributed by atoms with van der Waals surface area (Å²) in [6, 6.07) is -1.08. The maximum atomic E-state index is 12.3. The molecule has 0 amide bonds. The van der Waals surface area contributed by atoms with Crippen molar-refractivity contribution in [3.05, 3.63) is 11.6 Å². The lowest BCUT2D eigenvalue weighted by Gasteiger charge is -2.58. The van der Waals surface area contributed by atoms with Crippen LogP contribution in [0.2, 0.25) is 0 Å². The summed E-state index contributed by atoms with van der Waals surface area (Å²) >= 11 is 0. The van der Waals surface area contributed by atoms with Gasteiger partial charge in [-0.25, -0.2) is 0 Å². The van der Waals surface area contributed by atoms with Crippen LogP contribution in [0.1, 0.15) is 112 Å². The smallest absolute Gasteiger partial charge is 0.323 e. The summed E-state index contributed by atoms with van der Waals surface area (Å²) in [4.78, 5) is 23.2. The van der Waals surface area contributed by atoms with Crippen LogP contribution in [0, 0.1) is 46.3 Å². The van der Waals surface area contributed by atoms with Crippen molar-refractivity contribution in [2.45, 2.75) is 124 Å². The molecule has 0 saturated heterocycles. The summed E-state index contributed by atoms with van der Waals surface area (Å²) in [6.07, 6.45) is 15.4. The average molecular weight is 502 g/mol. The van der Waals surface area contributed by atoms with E-state index in [1.54, 1.807) is 0 Å². The van der Waals surface area contributed by atoms with Crippen LogP contribution in [-0.2, 0) is 14.3 Å². The van der Waals surface area contributed by atoms with Gasteiger partial charge in [0.25, 0.3) is 0 Å². The van der Waals surface area contributed by atoms with Gasteiger partial charge in [0.15, 0.2) is 0 Å². The minimum Gasteiger partial charge on any atom is -0.481 e. The number of fused-ring (bicyclic) bond motifs is 5. The van der Waals surface area contributed by atoms with Crippen LogP contribution < -0.4 is 5.73 Å². The van der Waals surface area contributed by atoms with Crippen molar-refractivity contribution in [1.29, 1.82) is 0 Å². The van der Waals surface area contributed by atoms with E-state index >= 15 is 0 Å². The second kappa shape index (κ2) is 10.8. The Morgan fingerprint density at radius 3 is 2.53 bits per heavy atom. The lowest BCUT2D eigenvalue weighted by atomic mass is 9.47. The van der Waals surface area contributed by atoms with E-state index in [9.17, 15) is 9.59 Å². The van der Waals surface area contributed by atoms with E-state index in [1.165, 1.54) is 56.9 Å². The maximum absolute atomic E-state index is 12.3. The largest absolute Gasteiger partial charge is 0.481 e. The van der Waals surface area contributed by atoms with E-state index in [2.05, 4.69) is 40.7 Å². The maximum Gasteiger partial charge on any atom is 0.323 e. The van der Waals surface area contributed by atoms with Crippen molar-refractivity contribution in [3.8, 4) is 0 Å². The van der Waals surface area contributed by atoms with Crippen LogP contribution in [0.5, 0.6) is 0 Å². The van der Waals surface area contributed by atoms with Crippen molar-refractivity contribution in [2.75, 3.05) is 0 Å². The Balaban J connectivity index is 1.41. The molecule has 204 valence electrons. The molecule has 3 N–H and O–H groups in total. The Hall–Kier alpha value is -1.36. The van der Waals surface area contributed by atoms with Crippen molar-refractivity contribution in [1.82, 2.24) is 0 Å². The Kier molecular flexibility index (Phi) is 8.29. The second-order valence-electron chi connectivity index (χ2n) is 13.8. The molecule has 9 atom stereocenters. The predicted octanol–water partition coefficient (Wildman–Crippen LogP) is 6.74. The van der Waals surface area contributed by atoms with Crippen molar-refractivity contribution in [2.24, 2.45) is 52.1 Å². The molecule has 36 heavy (non-hydrogen) atoms. The highest BCUT2D eigenvalue weighted by molar-refractivity contribution is 5.81. The third-order valence-corrected chi connectivity index (χ3v) is 11.2. The number of rotatable bonds is 9. The summed E-state index contributed by atoms with van der Waals surface area (Å²) in [5, 5.41) is 8.93. The Morgan fingerprint density at radius 2 is 1.83 bits per heavy atom. The summed E-state index contributed by atoms with van der Waals surface area (Å²) in [7, 11) is 0. The monoisotopic (exact) mass is 501 g/mol. The molecule has 3 fully saturated rings. The molecule has 4 unspecified atom stereocenters. The number of hydrogen-bond acceptors (Lipinski definition) is 4. The van der Waals surface area contributed by atoms with Gasteiger partial charge in [-0.15, -0.1) is 0 Å². The summed E-state index contributed by atoms with van der Waals surface area (Å²) in [5.41, 5.74) is 7.92. The molecule has 5 heteroatoms. The van der Waals surface area contributed by atoms with Crippen LogP contribution in [0.15, 0.2) is 11.6 Å².